The highest BCUT2D eigenvalue weighted by Gasteiger charge is 2.27. The van der Waals surface area contributed by atoms with Gasteiger partial charge in [0.1, 0.15) is 0 Å². The van der Waals surface area contributed by atoms with Gasteiger partial charge in [0.25, 0.3) is 0 Å². The molecule has 3 atom stereocenters. The van der Waals surface area contributed by atoms with Gasteiger partial charge in [-0.25, -0.2) is 0 Å². The van der Waals surface area contributed by atoms with Crippen LogP contribution in [0.1, 0.15) is 97.8 Å². The SMILES string of the molecule is C=CCCCCCC(CC)CC.CCOP(=O)(CCCC(CCCCS)[N+](=O)[O-])c1ccccc1.O=[PH2]O. The minimum absolute atomic E-state index is 0.216. The Kier molecular flexibility index (Phi) is 28.5. The van der Waals surface area contributed by atoms with Crippen molar-refractivity contribution in [1.82, 2.24) is 0 Å². The molecule has 0 bridgehead atoms. The van der Waals surface area contributed by atoms with Crippen LogP contribution in [0.5, 0.6) is 0 Å². The minimum atomic E-state index is -2.92. The zero-order valence-corrected chi connectivity index (χ0v) is 26.8. The van der Waals surface area contributed by atoms with E-state index in [9.17, 15) is 14.7 Å². The maximum atomic E-state index is 13.0. The lowest BCUT2D eigenvalue weighted by Gasteiger charge is -2.18. The number of allylic oxidation sites excluding steroid dienone is 1. The van der Waals surface area contributed by atoms with Crippen molar-refractivity contribution in [1.29, 1.82) is 0 Å². The van der Waals surface area contributed by atoms with Gasteiger partial charge >= 0.3 is 0 Å². The third-order valence-electron chi connectivity index (χ3n) is 6.40. The second kappa shape index (κ2) is 27.6. The predicted molar refractivity (Wildman–Crippen MR) is 168 cm³/mol. The Balaban J connectivity index is 0. The van der Waals surface area contributed by atoms with E-state index in [4.69, 9.17) is 14.0 Å². The highest BCUT2D eigenvalue weighted by molar-refractivity contribution is 7.80. The van der Waals surface area contributed by atoms with Crippen LogP contribution >= 0.6 is 28.7 Å². The molecule has 1 N–H and O–H groups in total. The maximum absolute atomic E-state index is 13.0. The maximum Gasteiger partial charge on any atom is 0.232 e. The molecule has 0 aliphatic carbocycles. The molecule has 0 aromatic heterocycles. The molecule has 1 aromatic carbocycles. The van der Waals surface area contributed by atoms with Crippen LogP contribution in [0, 0.1) is 16.0 Å². The Morgan fingerprint density at radius 3 is 2.13 bits per heavy atom. The van der Waals surface area contributed by atoms with Gasteiger partial charge in [-0.05, 0) is 62.8 Å². The van der Waals surface area contributed by atoms with Crippen molar-refractivity contribution in [2.24, 2.45) is 5.92 Å². The van der Waals surface area contributed by atoms with Gasteiger partial charge in [0.2, 0.25) is 13.4 Å². The molecule has 0 fully saturated rings. The number of unbranched alkanes of at least 4 members (excludes halogenated alkanes) is 4. The number of rotatable bonds is 20. The van der Waals surface area contributed by atoms with E-state index in [-0.39, 0.29) is 4.92 Å². The van der Waals surface area contributed by atoms with Crippen LogP contribution in [-0.2, 0) is 13.7 Å². The molecule has 10 heteroatoms. The molecular weight excluding hydrogens is 540 g/mol. The quantitative estimate of drug-likeness (QED) is 0.0393. The molecule has 0 aliphatic heterocycles. The van der Waals surface area contributed by atoms with Gasteiger partial charge in [-0.15, -0.1) is 6.58 Å². The Morgan fingerprint density at radius 2 is 1.63 bits per heavy atom. The summed E-state index contributed by atoms with van der Waals surface area (Å²) in [5, 5.41) is 11.8. The van der Waals surface area contributed by atoms with E-state index in [0.717, 1.165) is 24.5 Å². The van der Waals surface area contributed by atoms with Crippen molar-refractivity contribution in [3.05, 3.63) is 53.1 Å². The lowest BCUT2D eigenvalue weighted by Crippen LogP contribution is -2.20. The standard InChI is InChI=1S/C16H26NO4PS.C12H24.H3O2P/c1-2-21-22(20,16-11-4-3-5-12-16)13-8-10-15(17(18)19)9-6-7-14-23;1-4-7-8-9-10-11-12(5-2)6-3;1-3-2/h3-5,11-12,15,23H,2,6-10,13-14H2,1H3;4,12H,1,5-11H2,2-3H3;3H2,(H,1,2). The topological polar surface area (TPSA) is 107 Å². The predicted octanol–water partition coefficient (Wildman–Crippen LogP) is 8.36. The van der Waals surface area contributed by atoms with Gasteiger partial charge in [0.15, 0.2) is 8.69 Å². The molecule has 0 aliphatic rings. The molecule has 0 heterocycles. The first-order chi connectivity index (χ1) is 18.3. The molecule has 222 valence electrons. The Hall–Kier alpha value is -0.910. The molecule has 3 unspecified atom stereocenters. The van der Waals surface area contributed by atoms with Crippen LogP contribution in [-0.4, -0.2) is 34.4 Å². The smallest absolute Gasteiger partial charge is 0.232 e. The van der Waals surface area contributed by atoms with E-state index in [0.29, 0.717) is 37.3 Å². The number of thiol groups is 1. The van der Waals surface area contributed by atoms with Gasteiger partial charge in [0, 0.05) is 29.2 Å². The largest absolute Gasteiger partial charge is 0.348 e. The van der Waals surface area contributed by atoms with Crippen LogP contribution in [0.15, 0.2) is 43.0 Å². The summed E-state index contributed by atoms with van der Waals surface area (Å²) < 4.78 is 27.1. The van der Waals surface area contributed by atoms with E-state index in [1.54, 1.807) is 12.1 Å². The molecule has 7 nitrogen and oxygen atoms in total. The monoisotopic (exact) mass is 593 g/mol. The summed E-state index contributed by atoms with van der Waals surface area (Å²) >= 11 is 4.12. The van der Waals surface area contributed by atoms with Crippen LogP contribution < -0.4 is 5.30 Å². The number of hydrogen-bond acceptors (Lipinski definition) is 6. The van der Waals surface area contributed by atoms with E-state index < -0.39 is 22.1 Å². The second-order valence-corrected chi connectivity index (χ2v) is 12.4. The number of nitro groups is 1. The zero-order chi connectivity index (χ0) is 29.1. The van der Waals surface area contributed by atoms with Gasteiger partial charge in [-0.1, -0.05) is 70.2 Å². The summed E-state index contributed by atoms with van der Waals surface area (Å²) in [6, 6.07) is 8.56. The molecule has 1 rings (SSSR count). The highest BCUT2D eigenvalue weighted by Crippen LogP contribution is 2.46. The van der Waals surface area contributed by atoms with Crippen LogP contribution in [0.2, 0.25) is 0 Å². The highest BCUT2D eigenvalue weighted by atomic mass is 32.1. The fourth-order valence-electron chi connectivity index (χ4n) is 4.11. The van der Waals surface area contributed by atoms with Gasteiger partial charge in [-0.3, -0.25) is 19.2 Å². The molecule has 38 heavy (non-hydrogen) atoms. The fourth-order valence-corrected chi connectivity index (χ4v) is 6.51. The number of nitrogens with zero attached hydrogens (tertiary/aromatic N) is 1. The molecule has 0 spiro atoms. The van der Waals surface area contributed by atoms with Gasteiger partial charge in [0.05, 0.1) is 6.61 Å². The van der Waals surface area contributed by atoms with Crippen LogP contribution in [0.4, 0.5) is 0 Å². The summed E-state index contributed by atoms with van der Waals surface area (Å²) in [5.41, 5.74) is 0. The van der Waals surface area contributed by atoms with Crippen LogP contribution in [0.25, 0.3) is 0 Å². The lowest BCUT2D eigenvalue weighted by atomic mass is 9.96. The minimum Gasteiger partial charge on any atom is -0.348 e. The average Bonchev–Trinajstić information content (AvgIpc) is 2.91. The third kappa shape index (κ3) is 21.0. The number of benzene rings is 1. The summed E-state index contributed by atoms with van der Waals surface area (Å²) in [6.07, 6.45) is 15.1. The summed E-state index contributed by atoms with van der Waals surface area (Å²) in [4.78, 5) is 18.0. The van der Waals surface area contributed by atoms with Gasteiger partial charge < -0.3 is 9.42 Å². The van der Waals surface area contributed by atoms with Crippen molar-refractivity contribution in [3.8, 4) is 0 Å². The molecule has 0 radical (unpaired) electrons. The van der Waals surface area contributed by atoms with E-state index in [1.807, 2.05) is 31.2 Å². The molecule has 0 saturated carbocycles. The van der Waals surface area contributed by atoms with E-state index >= 15 is 0 Å². The summed E-state index contributed by atoms with van der Waals surface area (Å²) in [7, 11) is -4.42. The van der Waals surface area contributed by atoms with Crippen molar-refractivity contribution >= 4 is 34.0 Å². The fraction of sp³-hybridized carbons (Fsp3) is 0.714. The molecule has 1 aromatic rings. The molecule has 0 amide bonds. The van der Waals surface area contributed by atoms with Crippen molar-refractivity contribution in [2.75, 3.05) is 18.5 Å². The summed E-state index contributed by atoms with van der Waals surface area (Å²) in [5.74, 6) is 1.73. The first-order valence-electron chi connectivity index (χ1n) is 14.0. The zero-order valence-electron chi connectivity index (χ0n) is 23.8. The Bertz CT molecular complexity index is 750. The second-order valence-electron chi connectivity index (χ2n) is 9.17. The van der Waals surface area contributed by atoms with E-state index in [2.05, 4.69) is 33.1 Å². The Morgan fingerprint density at radius 1 is 1.05 bits per heavy atom. The first kappa shape index (κ1) is 39.2. The van der Waals surface area contributed by atoms with Crippen molar-refractivity contribution < 1.29 is 23.5 Å². The number of hydrogen-bond donors (Lipinski definition) is 2. The van der Waals surface area contributed by atoms with Gasteiger partial charge in [-0.2, -0.15) is 12.6 Å². The van der Waals surface area contributed by atoms with Crippen molar-refractivity contribution in [2.45, 2.75) is 104 Å². The third-order valence-corrected chi connectivity index (χ3v) is 9.38. The van der Waals surface area contributed by atoms with E-state index in [1.165, 1.54) is 44.9 Å². The molecular formula is C28H53NO6P2S. The van der Waals surface area contributed by atoms with Crippen molar-refractivity contribution in [3.63, 3.8) is 0 Å². The average molecular weight is 594 g/mol. The lowest BCUT2D eigenvalue weighted by molar-refractivity contribution is -0.524. The normalized spacial score (nSPS) is 13.2. The van der Waals surface area contributed by atoms with Crippen LogP contribution in [0.3, 0.4) is 0 Å². The summed E-state index contributed by atoms with van der Waals surface area (Å²) in [6.45, 7) is 10.5. The molecule has 0 saturated heterocycles. The first-order valence-corrected chi connectivity index (χ1v) is 17.4. The Labute approximate surface area is 238 Å².